The van der Waals surface area contributed by atoms with E-state index in [1.54, 1.807) is 24.3 Å². The molecule has 2 aromatic carbocycles. The number of hydrogen-bond acceptors (Lipinski definition) is 5. The van der Waals surface area contributed by atoms with Gasteiger partial charge in [0.1, 0.15) is 11.3 Å². The number of carbonyl (C=O) groups excluding carboxylic acids is 1. The molecular weight excluding hydrogens is 356 g/mol. The minimum absolute atomic E-state index is 0.0981. The Morgan fingerprint density at radius 1 is 1.14 bits per heavy atom. The lowest BCUT2D eigenvalue weighted by Gasteiger charge is -2.23. The average Bonchev–Trinajstić information content (AvgIpc) is 2.69. The van der Waals surface area contributed by atoms with Crippen LogP contribution in [0.5, 0.6) is 5.75 Å². The van der Waals surface area contributed by atoms with E-state index in [0.717, 1.165) is 17.6 Å². The van der Waals surface area contributed by atoms with E-state index < -0.39 is 5.63 Å². The van der Waals surface area contributed by atoms with E-state index in [0.29, 0.717) is 24.4 Å². The van der Waals surface area contributed by atoms with Crippen LogP contribution >= 0.6 is 0 Å². The molecule has 6 nitrogen and oxygen atoms in total. The Morgan fingerprint density at radius 3 is 2.75 bits per heavy atom. The Bertz CT molecular complexity index is 1010. The second-order valence-electron chi connectivity index (χ2n) is 6.51. The van der Waals surface area contributed by atoms with Crippen LogP contribution in [-0.2, 0) is 4.79 Å². The molecule has 0 fully saturated rings. The van der Waals surface area contributed by atoms with Gasteiger partial charge in [0.25, 0.3) is 5.91 Å². The van der Waals surface area contributed by atoms with Gasteiger partial charge in [0.15, 0.2) is 6.61 Å². The largest absolute Gasteiger partial charge is 0.484 e. The fraction of sp³-hybridized carbons (Fsp3) is 0.273. The van der Waals surface area contributed by atoms with Crippen molar-refractivity contribution >= 4 is 22.6 Å². The van der Waals surface area contributed by atoms with E-state index in [1.165, 1.54) is 11.6 Å². The van der Waals surface area contributed by atoms with Crippen LogP contribution in [-0.4, -0.2) is 32.1 Å². The number of carbonyl (C=O) groups is 1. The van der Waals surface area contributed by atoms with Crippen molar-refractivity contribution in [2.24, 2.45) is 0 Å². The minimum atomic E-state index is -0.420. The van der Waals surface area contributed by atoms with Crippen molar-refractivity contribution in [1.82, 2.24) is 5.32 Å². The van der Waals surface area contributed by atoms with E-state index in [2.05, 4.69) is 42.3 Å². The molecule has 1 amide bonds. The Labute approximate surface area is 163 Å². The Hall–Kier alpha value is -3.28. The van der Waals surface area contributed by atoms with Gasteiger partial charge in [-0.25, -0.2) is 4.79 Å². The molecule has 6 heteroatoms. The lowest BCUT2D eigenvalue weighted by molar-refractivity contribution is -0.123. The van der Waals surface area contributed by atoms with Gasteiger partial charge < -0.3 is 19.4 Å². The Morgan fingerprint density at radius 2 is 1.96 bits per heavy atom. The van der Waals surface area contributed by atoms with Crippen LogP contribution in [0.15, 0.2) is 63.8 Å². The molecule has 0 aliphatic carbocycles. The van der Waals surface area contributed by atoms with Crippen LogP contribution in [0, 0.1) is 6.92 Å². The first-order valence-electron chi connectivity index (χ1n) is 9.30. The smallest absolute Gasteiger partial charge is 0.336 e. The molecule has 0 saturated carbocycles. The number of aryl methyl sites for hydroxylation is 1. The SMILES string of the molecule is CCN(CCNC(=O)COc1ccc2ccc(=O)oc2c1)c1cccc(C)c1. The molecule has 1 aromatic heterocycles. The van der Waals surface area contributed by atoms with Gasteiger partial charge in [-0.2, -0.15) is 0 Å². The van der Waals surface area contributed by atoms with Crippen LogP contribution in [0.1, 0.15) is 12.5 Å². The molecule has 146 valence electrons. The summed E-state index contributed by atoms with van der Waals surface area (Å²) in [6.07, 6.45) is 0. The number of ether oxygens (including phenoxy) is 1. The molecule has 0 bridgehead atoms. The van der Waals surface area contributed by atoms with Gasteiger partial charge in [-0.3, -0.25) is 4.79 Å². The van der Waals surface area contributed by atoms with Crippen molar-refractivity contribution < 1.29 is 13.9 Å². The second kappa shape index (κ2) is 9.08. The normalized spacial score (nSPS) is 10.6. The summed E-state index contributed by atoms with van der Waals surface area (Å²) in [5, 5.41) is 3.67. The number of hydrogen-bond donors (Lipinski definition) is 1. The number of nitrogens with one attached hydrogen (secondary N) is 1. The highest BCUT2D eigenvalue weighted by Crippen LogP contribution is 2.19. The lowest BCUT2D eigenvalue weighted by Crippen LogP contribution is -2.37. The van der Waals surface area contributed by atoms with Crippen molar-refractivity contribution in [1.29, 1.82) is 0 Å². The summed E-state index contributed by atoms with van der Waals surface area (Å²) >= 11 is 0. The summed E-state index contributed by atoms with van der Waals surface area (Å²) in [4.78, 5) is 25.6. The molecular formula is C22H24N2O4. The van der Waals surface area contributed by atoms with Gasteiger partial charge in [-0.05, 0) is 49.7 Å². The predicted octanol–water partition coefficient (Wildman–Crippen LogP) is 3.12. The van der Waals surface area contributed by atoms with Crippen LogP contribution in [0.4, 0.5) is 5.69 Å². The Kier molecular flexibility index (Phi) is 6.32. The highest BCUT2D eigenvalue weighted by atomic mass is 16.5. The van der Waals surface area contributed by atoms with E-state index in [9.17, 15) is 9.59 Å². The highest BCUT2D eigenvalue weighted by Gasteiger charge is 2.07. The molecule has 0 radical (unpaired) electrons. The van der Waals surface area contributed by atoms with Gasteiger partial charge in [0.05, 0.1) is 0 Å². The number of amides is 1. The topological polar surface area (TPSA) is 71.8 Å². The third-order valence-electron chi connectivity index (χ3n) is 4.42. The number of nitrogens with zero attached hydrogens (tertiary/aromatic N) is 1. The summed E-state index contributed by atoms with van der Waals surface area (Å²) < 4.78 is 10.6. The van der Waals surface area contributed by atoms with Crippen molar-refractivity contribution in [2.75, 3.05) is 31.1 Å². The maximum absolute atomic E-state index is 12.1. The van der Waals surface area contributed by atoms with E-state index in [4.69, 9.17) is 9.15 Å². The van der Waals surface area contributed by atoms with Crippen LogP contribution < -0.4 is 20.6 Å². The zero-order valence-electron chi connectivity index (χ0n) is 16.1. The zero-order valence-corrected chi connectivity index (χ0v) is 16.1. The number of likely N-dealkylation sites (N-methyl/N-ethyl adjacent to an activating group) is 1. The number of fused-ring (bicyclic) bond motifs is 1. The van der Waals surface area contributed by atoms with Crippen LogP contribution in [0.2, 0.25) is 0 Å². The van der Waals surface area contributed by atoms with E-state index >= 15 is 0 Å². The molecule has 1 heterocycles. The molecule has 1 N–H and O–H groups in total. The van der Waals surface area contributed by atoms with E-state index in [-0.39, 0.29) is 12.5 Å². The molecule has 0 aliphatic heterocycles. The van der Waals surface area contributed by atoms with Crippen molar-refractivity contribution in [3.63, 3.8) is 0 Å². The zero-order chi connectivity index (χ0) is 19.9. The first kappa shape index (κ1) is 19.5. The third-order valence-corrected chi connectivity index (χ3v) is 4.42. The van der Waals surface area contributed by atoms with Crippen molar-refractivity contribution in [3.05, 3.63) is 70.6 Å². The number of anilines is 1. The van der Waals surface area contributed by atoms with Gasteiger partial charge >= 0.3 is 5.63 Å². The molecule has 3 rings (SSSR count). The number of benzene rings is 2. The highest BCUT2D eigenvalue weighted by molar-refractivity contribution is 5.79. The molecule has 0 aliphatic rings. The second-order valence-corrected chi connectivity index (χ2v) is 6.51. The summed E-state index contributed by atoms with van der Waals surface area (Å²) in [6.45, 7) is 6.15. The van der Waals surface area contributed by atoms with Crippen molar-refractivity contribution in [2.45, 2.75) is 13.8 Å². The molecule has 0 atom stereocenters. The molecule has 3 aromatic rings. The summed E-state index contributed by atoms with van der Waals surface area (Å²) in [5.41, 5.74) is 2.36. The summed E-state index contributed by atoms with van der Waals surface area (Å²) in [5.74, 6) is 0.279. The molecule has 28 heavy (non-hydrogen) atoms. The fourth-order valence-corrected chi connectivity index (χ4v) is 2.96. The maximum atomic E-state index is 12.1. The van der Waals surface area contributed by atoms with E-state index in [1.807, 2.05) is 6.07 Å². The molecule has 0 unspecified atom stereocenters. The van der Waals surface area contributed by atoms with Gasteiger partial charge in [0.2, 0.25) is 0 Å². The van der Waals surface area contributed by atoms with Crippen LogP contribution in [0.25, 0.3) is 11.0 Å². The molecule has 0 saturated heterocycles. The predicted molar refractivity (Wildman–Crippen MR) is 110 cm³/mol. The number of rotatable bonds is 8. The van der Waals surface area contributed by atoms with Gasteiger partial charge in [-0.15, -0.1) is 0 Å². The average molecular weight is 380 g/mol. The first-order chi connectivity index (χ1) is 13.5. The maximum Gasteiger partial charge on any atom is 0.336 e. The minimum Gasteiger partial charge on any atom is -0.484 e. The van der Waals surface area contributed by atoms with Gasteiger partial charge in [-0.1, -0.05) is 12.1 Å². The third kappa shape index (κ3) is 5.13. The Balaban J connectivity index is 1.48. The standard InChI is InChI=1S/C22H24N2O4/c1-3-24(18-6-4-5-16(2)13-18)12-11-23-21(25)15-27-19-9-7-17-8-10-22(26)28-20(17)14-19/h4-10,13-14H,3,11-12,15H2,1-2H3,(H,23,25). The monoisotopic (exact) mass is 380 g/mol. The summed E-state index contributed by atoms with van der Waals surface area (Å²) in [7, 11) is 0. The van der Waals surface area contributed by atoms with Gasteiger partial charge in [0, 0.05) is 42.8 Å². The lowest BCUT2D eigenvalue weighted by atomic mass is 10.2. The summed E-state index contributed by atoms with van der Waals surface area (Å²) in [6, 6.07) is 16.5. The quantitative estimate of drug-likeness (QED) is 0.608. The van der Waals surface area contributed by atoms with Crippen LogP contribution in [0.3, 0.4) is 0 Å². The first-order valence-corrected chi connectivity index (χ1v) is 9.30. The fourth-order valence-electron chi connectivity index (χ4n) is 2.96. The van der Waals surface area contributed by atoms with Crippen molar-refractivity contribution in [3.8, 4) is 5.75 Å². The molecule has 0 spiro atoms.